The Kier molecular flexibility index (Phi) is 6.85. The quantitative estimate of drug-likeness (QED) is 0.532. The summed E-state index contributed by atoms with van der Waals surface area (Å²) in [6.45, 7) is 8.81. The van der Waals surface area contributed by atoms with Crippen molar-refractivity contribution in [3.8, 4) is 11.1 Å². The van der Waals surface area contributed by atoms with Gasteiger partial charge < -0.3 is 14.7 Å². The molecule has 4 rings (SSSR count). The van der Waals surface area contributed by atoms with Crippen molar-refractivity contribution in [2.45, 2.75) is 53.3 Å². The molecule has 1 aliphatic heterocycles. The van der Waals surface area contributed by atoms with Crippen molar-refractivity contribution in [1.29, 1.82) is 0 Å². The largest absolute Gasteiger partial charge is 0.464 e. The lowest BCUT2D eigenvalue weighted by Crippen LogP contribution is -2.37. The van der Waals surface area contributed by atoms with E-state index in [0.29, 0.717) is 25.1 Å². The van der Waals surface area contributed by atoms with Gasteiger partial charge in [-0.3, -0.25) is 4.79 Å². The van der Waals surface area contributed by atoms with Crippen molar-refractivity contribution in [3.63, 3.8) is 0 Å². The molecule has 0 aliphatic carbocycles. The van der Waals surface area contributed by atoms with Gasteiger partial charge in [-0.15, -0.1) is 0 Å². The first-order valence-corrected chi connectivity index (χ1v) is 11.7. The molecule has 5 nitrogen and oxygen atoms in total. The molecule has 3 aromatic carbocycles. The number of carbonyl (C=O) groups is 2. The Hall–Kier alpha value is -3.44. The van der Waals surface area contributed by atoms with E-state index in [1.165, 1.54) is 0 Å². The molecular weight excluding hydrogens is 426 g/mol. The average Bonchev–Trinajstić information content (AvgIpc) is 2.83. The van der Waals surface area contributed by atoms with E-state index >= 15 is 0 Å². The Morgan fingerprint density at radius 1 is 1.00 bits per heavy atom. The van der Waals surface area contributed by atoms with Gasteiger partial charge >= 0.3 is 5.97 Å². The van der Waals surface area contributed by atoms with Crippen LogP contribution in [0.4, 0.5) is 0 Å². The third-order valence-corrected chi connectivity index (χ3v) is 6.69. The van der Waals surface area contributed by atoms with Gasteiger partial charge in [-0.1, -0.05) is 60.2 Å². The van der Waals surface area contributed by atoms with E-state index < -0.39 is 12.1 Å². The zero-order valence-electron chi connectivity index (χ0n) is 20.2. The maximum atomic E-state index is 13.1. The Bertz CT molecular complexity index is 1220. The first-order chi connectivity index (χ1) is 16.3. The standard InChI is InChI=1S/C29H31NO4/c1-5-34-29(33)28(32)27-20(4)24-17-30(16-21-9-7-6-8-10-21)25(31)15-23(24)19(3)26(27)22-13-11-18(2)12-14-22/h6-14,28,32H,5,15-17H2,1-4H3/t28-/m0/s1. The number of nitrogens with zero attached hydrogens (tertiary/aromatic N) is 1. The van der Waals surface area contributed by atoms with E-state index in [-0.39, 0.29) is 12.5 Å². The predicted molar refractivity (Wildman–Crippen MR) is 132 cm³/mol. The Morgan fingerprint density at radius 3 is 2.32 bits per heavy atom. The molecule has 0 aromatic heterocycles. The highest BCUT2D eigenvalue weighted by atomic mass is 16.5. The van der Waals surface area contributed by atoms with Crippen molar-refractivity contribution >= 4 is 11.9 Å². The summed E-state index contributed by atoms with van der Waals surface area (Å²) in [5.74, 6) is -0.585. The number of carbonyl (C=O) groups excluding carboxylic acids is 2. The first kappa shape index (κ1) is 23.7. The van der Waals surface area contributed by atoms with Crippen LogP contribution in [0.15, 0.2) is 54.6 Å². The number of hydrogen-bond acceptors (Lipinski definition) is 4. The van der Waals surface area contributed by atoms with Gasteiger partial charge in [-0.25, -0.2) is 4.79 Å². The van der Waals surface area contributed by atoms with Crippen LogP contribution >= 0.6 is 0 Å². The summed E-state index contributed by atoms with van der Waals surface area (Å²) in [5, 5.41) is 11.1. The predicted octanol–water partition coefficient (Wildman–Crippen LogP) is 4.96. The monoisotopic (exact) mass is 457 g/mol. The summed E-state index contributed by atoms with van der Waals surface area (Å²) in [7, 11) is 0. The summed E-state index contributed by atoms with van der Waals surface area (Å²) in [6.07, 6.45) is -1.11. The summed E-state index contributed by atoms with van der Waals surface area (Å²) in [6, 6.07) is 17.9. The SMILES string of the molecule is CCOC(=O)[C@@H](O)c1c(C)c2c(c(C)c1-c1ccc(C)cc1)CC(=O)N(Cc1ccccc1)C2. The van der Waals surface area contributed by atoms with Gasteiger partial charge in [0.05, 0.1) is 13.0 Å². The molecule has 176 valence electrons. The number of esters is 1. The van der Waals surface area contributed by atoms with E-state index in [0.717, 1.165) is 44.5 Å². The number of benzene rings is 3. The molecule has 0 bridgehead atoms. The van der Waals surface area contributed by atoms with E-state index in [4.69, 9.17) is 4.74 Å². The molecule has 0 saturated heterocycles. The molecule has 5 heteroatoms. The van der Waals surface area contributed by atoms with E-state index in [1.807, 2.05) is 80.3 Å². The highest BCUT2D eigenvalue weighted by Gasteiger charge is 2.33. The maximum absolute atomic E-state index is 13.1. The lowest BCUT2D eigenvalue weighted by atomic mass is 9.80. The summed E-state index contributed by atoms with van der Waals surface area (Å²) in [5.41, 5.74) is 8.22. The van der Waals surface area contributed by atoms with Crippen LogP contribution in [-0.2, 0) is 33.8 Å². The molecule has 1 amide bonds. The lowest BCUT2D eigenvalue weighted by Gasteiger charge is -2.34. The topological polar surface area (TPSA) is 66.8 Å². The molecule has 3 aromatic rings. The van der Waals surface area contributed by atoms with Crippen molar-refractivity contribution < 1.29 is 19.4 Å². The fourth-order valence-electron chi connectivity index (χ4n) is 4.87. The van der Waals surface area contributed by atoms with Crippen LogP contribution in [0.5, 0.6) is 0 Å². The number of rotatable bonds is 6. The molecular formula is C29H31NO4. The van der Waals surface area contributed by atoms with Crippen LogP contribution in [-0.4, -0.2) is 28.5 Å². The van der Waals surface area contributed by atoms with Crippen LogP contribution in [0.2, 0.25) is 0 Å². The summed E-state index contributed by atoms with van der Waals surface area (Å²) in [4.78, 5) is 27.6. The van der Waals surface area contributed by atoms with Crippen molar-refractivity contribution in [2.24, 2.45) is 0 Å². The minimum Gasteiger partial charge on any atom is -0.464 e. The second-order valence-electron chi connectivity index (χ2n) is 8.93. The van der Waals surface area contributed by atoms with Gasteiger partial charge in [0.15, 0.2) is 6.10 Å². The molecule has 34 heavy (non-hydrogen) atoms. The number of ether oxygens (including phenoxy) is 1. The molecule has 0 unspecified atom stereocenters. The number of hydrogen-bond donors (Lipinski definition) is 1. The Balaban J connectivity index is 1.86. The van der Waals surface area contributed by atoms with Crippen LogP contribution < -0.4 is 0 Å². The van der Waals surface area contributed by atoms with Gasteiger partial charge in [0.25, 0.3) is 0 Å². The Morgan fingerprint density at radius 2 is 1.68 bits per heavy atom. The van der Waals surface area contributed by atoms with E-state index in [1.54, 1.807) is 6.92 Å². The number of aliphatic hydroxyl groups is 1. The fourth-order valence-corrected chi connectivity index (χ4v) is 4.87. The van der Waals surface area contributed by atoms with Crippen LogP contribution in [0.1, 0.15) is 52.0 Å². The number of amides is 1. The van der Waals surface area contributed by atoms with Gasteiger partial charge in [-0.05, 0) is 66.6 Å². The maximum Gasteiger partial charge on any atom is 0.339 e. The highest BCUT2D eigenvalue weighted by molar-refractivity contribution is 5.88. The van der Waals surface area contributed by atoms with Gasteiger partial charge in [0, 0.05) is 18.7 Å². The van der Waals surface area contributed by atoms with E-state index in [9.17, 15) is 14.7 Å². The zero-order chi connectivity index (χ0) is 24.4. The van der Waals surface area contributed by atoms with Crippen LogP contribution in [0.3, 0.4) is 0 Å². The molecule has 1 heterocycles. The number of aryl methyl sites for hydroxylation is 1. The minimum absolute atomic E-state index is 0.0763. The molecule has 1 N–H and O–H groups in total. The summed E-state index contributed by atoms with van der Waals surface area (Å²) < 4.78 is 5.17. The zero-order valence-corrected chi connectivity index (χ0v) is 20.2. The van der Waals surface area contributed by atoms with Gasteiger partial charge in [0.1, 0.15) is 0 Å². The van der Waals surface area contributed by atoms with Crippen molar-refractivity contribution in [3.05, 3.63) is 93.5 Å². The first-order valence-electron chi connectivity index (χ1n) is 11.7. The third-order valence-electron chi connectivity index (χ3n) is 6.69. The van der Waals surface area contributed by atoms with Crippen molar-refractivity contribution in [2.75, 3.05) is 6.61 Å². The van der Waals surface area contributed by atoms with Crippen LogP contribution in [0.25, 0.3) is 11.1 Å². The molecule has 0 saturated carbocycles. The third kappa shape index (κ3) is 4.48. The number of aliphatic hydroxyl groups excluding tert-OH is 1. The minimum atomic E-state index is -1.40. The van der Waals surface area contributed by atoms with Crippen LogP contribution in [0, 0.1) is 20.8 Å². The summed E-state index contributed by atoms with van der Waals surface area (Å²) >= 11 is 0. The van der Waals surface area contributed by atoms with E-state index in [2.05, 4.69) is 0 Å². The molecule has 1 aliphatic rings. The van der Waals surface area contributed by atoms with Gasteiger partial charge in [0.2, 0.25) is 5.91 Å². The molecule has 0 radical (unpaired) electrons. The lowest BCUT2D eigenvalue weighted by molar-refractivity contribution is -0.153. The number of fused-ring (bicyclic) bond motifs is 1. The Labute approximate surface area is 201 Å². The second-order valence-corrected chi connectivity index (χ2v) is 8.93. The smallest absolute Gasteiger partial charge is 0.339 e. The molecule has 0 fully saturated rings. The highest BCUT2D eigenvalue weighted by Crippen LogP contribution is 2.41. The van der Waals surface area contributed by atoms with Crippen molar-refractivity contribution in [1.82, 2.24) is 4.90 Å². The average molecular weight is 458 g/mol. The molecule has 0 spiro atoms. The van der Waals surface area contributed by atoms with Gasteiger partial charge in [-0.2, -0.15) is 0 Å². The fraction of sp³-hybridized carbons (Fsp3) is 0.310. The molecule has 1 atom stereocenters. The second kappa shape index (κ2) is 9.82. The normalized spacial score (nSPS) is 14.0.